The molecule has 4 aromatic rings. The second-order valence-corrected chi connectivity index (χ2v) is 9.46. The maximum Gasteiger partial charge on any atom is 0.418 e. The number of nitrogens with one attached hydrogen (secondary N) is 3. The number of rotatable bonds is 9. The summed E-state index contributed by atoms with van der Waals surface area (Å²) >= 11 is 0. The van der Waals surface area contributed by atoms with Crippen LogP contribution in [0.15, 0.2) is 48.9 Å². The molecule has 0 aliphatic rings. The zero-order chi connectivity index (χ0) is 29.0. The quantitative estimate of drug-likeness (QED) is 0.270. The van der Waals surface area contributed by atoms with Crippen LogP contribution in [0.3, 0.4) is 0 Å². The highest BCUT2D eigenvalue weighted by Gasteiger charge is 2.35. The minimum absolute atomic E-state index is 0.0373. The van der Waals surface area contributed by atoms with Gasteiger partial charge in [0.25, 0.3) is 5.91 Å². The molecule has 4 rings (SSSR count). The van der Waals surface area contributed by atoms with Gasteiger partial charge >= 0.3 is 6.18 Å². The van der Waals surface area contributed by atoms with Crippen LogP contribution in [-0.2, 0) is 6.18 Å². The van der Waals surface area contributed by atoms with Crippen molar-refractivity contribution >= 4 is 45.8 Å². The summed E-state index contributed by atoms with van der Waals surface area (Å²) in [6.45, 7) is 2.85. The van der Waals surface area contributed by atoms with Gasteiger partial charge in [-0.2, -0.15) is 13.2 Å². The largest absolute Gasteiger partial charge is 0.418 e. The van der Waals surface area contributed by atoms with Gasteiger partial charge in [0.2, 0.25) is 5.95 Å². The number of alkyl halides is 3. The third-order valence-corrected chi connectivity index (χ3v) is 6.21. The standard InChI is InChI=1S/C27H30F3N9O/c1-16-6-7-17(12-20(16)36-24-23-21(33-15-34-24)14-32-26(31-2)37-23)25(40)35-18-8-9-22(19(13-18)27(28,29)30)39(5)11-10-38(3)4/h6-9,12-15H,10-11H2,1-5H3,(H,35,40)(H,31,32,37)(H,33,34,36). The highest BCUT2D eigenvalue weighted by atomic mass is 19.4. The smallest absolute Gasteiger partial charge is 0.373 e. The van der Waals surface area contributed by atoms with Crippen molar-refractivity contribution in [3.8, 4) is 0 Å². The number of anilines is 5. The maximum atomic E-state index is 13.9. The molecule has 2 heterocycles. The third kappa shape index (κ3) is 6.54. The average Bonchev–Trinajstić information content (AvgIpc) is 2.92. The lowest BCUT2D eigenvalue weighted by atomic mass is 10.1. The number of nitrogens with zero attached hydrogens (tertiary/aromatic N) is 6. The minimum atomic E-state index is -4.60. The Hall–Kier alpha value is -4.52. The predicted octanol–water partition coefficient (Wildman–Crippen LogP) is 4.78. The molecule has 0 fully saturated rings. The lowest BCUT2D eigenvalue weighted by Crippen LogP contribution is -2.30. The number of aromatic nitrogens is 4. The van der Waals surface area contributed by atoms with E-state index in [1.165, 1.54) is 18.5 Å². The third-order valence-electron chi connectivity index (χ3n) is 6.21. The lowest BCUT2D eigenvalue weighted by Gasteiger charge is -2.25. The van der Waals surface area contributed by atoms with E-state index in [0.717, 1.165) is 11.6 Å². The molecule has 0 radical (unpaired) electrons. The highest BCUT2D eigenvalue weighted by molar-refractivity contribution is 6.05. The molecule has 0 saturated carbocycles. The van der Waals surface area contributed by atoms with E-state index in [1.807, 2.05) is 25.9 Å². The Bertz CT molecular complexity index is 1530. The zero-order valence-corrected chi connectivity index (χ0v) is 22.8. The highest BCUT2D eigenvalue weighted by Crippen LogP contribution is 2.38. The van der Waals surface area contributed by atoms with Crippen molar-refractivity contribution in [2.24, 2.45) is 0 Å². The summed E-state index contributed by atoms with van der Waals surface area (Å²) in [7, 11) is 7.01. The summed E-state index contributed by atoms with van der Waals surface area (Å²) in [6.07, 6.45) is -1.66. The van der Waals surface area contributed by atoms with E-state index in [0.29, 0.717) is 41.6 Å². The Morgan fingerprint density at radius 3 is 2.48 bits per heavy atom. The molecule has 0 atom stereocenters. The number of fused-ring (bicyclic) bond motifs is 1. The van der Waals surface area contributed by atoms with Crippen LogP contribution >= 0.6 is 0 Å². The van der Waals surface area contributed by atoms with Gasteiger partial charge in [0.05, 0.1) is 11.8 Å². The molecule has 1 amide bonds. The molecule has 0 aliphatic heterocycles. The summed E-state index contributed by atoms with van der Waals surface area (Å²) in [5, 5.41) is 8.65. The normalized spacial score (nSPS) is 11.5. The van der Waals surface area contributed by atoms with Gasteiger partial charge in [0.15, 0.2) is 5.82 Å². The fraction of sp³-hybridized carbons (Fsp3) is 0.296. The number of carbonyl (C=O) groups is 1. The molecule has 0 spiro atoms. The summed E-state index contributed by atoms with van der Waals surface area (Å²) < 4.78 is 41.8. The van der Waals surface area contributed by atoms with E-state index in [-0.39, 0.29) is 16.9 Å². The topological polar surface area (TPSA) is 111 Å². The van der Waals surface area contributed by atoms with E-state index in [4.69, 9.17) is 0 Å². The Morgan fingerprint density at radius 1 is 1.00 bits per heavy atom. The van der Waals surface area contributed by atoms with E-state index < -0.39 is 17.6 Å². The fourth-order valence-corrected chi connectivity index (χ4v) is 3.94. The number of amides is 1. The summed E-state index contributed by atoms with van der Waals surface area (Å²) in [4.78, 5) is 33.6. The Balaban J connectivity index is 1.59. The van der Waals surface area contributed by atoms with Crippen molar-refractivity contribution in [3.63, 3.8) is 0 Å². The van der Waals surface area contributed by atoms with Gasteiger partial charge in [-0.1, -0.05) is 6.07 Å². The van der Waals surface area contributed by atoms with Crippen molar-refractivity contribution in [3.05, 3.63) is 65.6 Å². The number of benzene rings is 2. The molecule has 0 unspecified atom stereocenters. The number of likely N-dealkylation sites (N-methyl/N-ethyl adjacent to an activating group) is 2. The second-order valence-electron chi connectivity index (χ2n) is 9.46. The summed E-state index contributed by atoms with van der Waals surface area (Å²) in [5.41, 5.74) is 1.90. The molecule has 0 aliphatic carbocycles. The van der Waals surface area contributed by atoms with Crippen molar-refractivity contribution in [1.82, 2.24) is 24.8 Å². The first-order chi connectivity index (χ1) is 19.0. The Kier molecular flexibility index (Phi) is 8.33. The van der Waals surface area contributed by atoms with E-state index in [1.54, 1.807) is 43.4 Å². The van der Waals surface area contributed by atoms with Gasteiger partial charge in [-0.3, -0.25) is 4.79 Å². The fourth-order valence-electron chi connectivity index (χ4n) is 3.94. The van der Waals surface area contributed by atoms with Gasteiger partial charge in [-0.05, 0) is 56.9 Å². The monoisotopic (exact) mass is 553 g/mol. The zero-order valence-electron chi connectivity index (χ0n) is 22.8. The Morgan fingerprint density at radius 2 is 1.77 bits per heavy atom. The Labute approximate surface area is 229 Å². The van der Waals surface area contributed by atoms with Gasteiger partial charge in [0.1, 0.15) is 17.4 Å². The van der Waals surface area contributed by atoms with Crippen molar-refractivity contribution in [2.45, 2.75) is 13.1 Å². The van der Waals surface area contributed by atoms with Crippen LogP contribution in [0.25, 0.3) is 11.0 Å². The molecule has 0 bridgehead atoms. The van der Waals surface area contributed by atoms with Gasteiger partial charge in [0, 0.05) is 49.8 Å². The molecule has 3 N–H and O–H groups in total. The molecule has 0 saturated heterocycles. The minimum Gasteiger partial charge on any atom is -0.373 e. The average molecular weight is 554 g/mol. The van der Waals surface area contributed by atoms with Crippen LogP contribution in [-0.4, -0.2) is 72.0 Å². The van der Waals surface area contributed by atoms with Crippen molar-refractivity contribution in [1.29, 1.82) is 0 Å². The van der Waals surface area contributed by atoms with Crippen LogP contribution < -0.4 is 20.9 Å². The van der Waals surface area contributed by atoms with Crippen LogP contribution in [0.2, 0.25) is 0 Å². The predicted molar refractivity (Wildman–Crippen MR) is 150 cm³/mol. The molecule has 40 heavy (non-hydrogen) atoms. The van der Waals surface area contributed by atoms with Crippen LogP contribution in [0.5, 0.6) is 0 Å². The molecule has 210 valence electrons. The van der Waals surface area contributed by atoms with Crippen molar-refractivity contribution < 1.29 is 18.0 Å². The molecule has 2 aromatic heterocycles. The number of aryl methyl sites for hydroxylation is 1. The molecule has 13 heteroatoms. The first kappa shape index (κ1) is 28.5. The van der Waals surface area contributed by atoms with Gasteiger partial charge in [-0.15, -0.1) is 0 Å². The second kappa shape index (κ2) is 11.7. The van der Waals surface area contributed by atoms with Crippen LogP contribution in [0.1, 0.15) is 21.5 Å². The summed E-state index contributed by atoms with van der Waals surface area (Å²) in [6, 6.07) is 8.74. The molecule has 10 nitrogen and oxygen atoms in total. The van der Waals surface area contributed by atoms with E-state index in [2.05, 4.69) is 35.9 Å². The lowest BCUT2D eigenvalue weighted by molar-refractivity contribution is -0.137. The molecular weight excluding hydrogens is 523 g/mol. The van der Waals surface area contributed by atoms with Crippen LogP contribution in [0, 0.1) is 6.92 Å². The van der Waals surface area contributed by atoms with Crippen molar-refractivity contribution in [2.75, 3.05) is 62.1 Å². The number of hydrogen-bond acceptors (Lipinski definition) is 9. The van der Waals surface area contributed by atoms with Gasteiger partial charge < -0.3 is 25.8 Å². The number of carbonyl (C=O) groups excluding carboxylic acids is 1. The maximum absolute atomic E-state index is 13.9. The first-order valence-electron chi connectivity index (χ1n) is 12.4. The number of halogens is 3. The molecule has 2 aromatic carbocycles. The van der Waals surface area contributed by atoms with Gasteiger partial charge in [-0.25, -0.2) is 19.9 Å². The first-order valence-corrected chi connectivity index (χ1v) is 12.4. The van der Waals surface area contributed by atoms with Crippen LogP contribution in [0.4, 0.5) is 42.0 Å². The molecular formula is C27H30F3N9O. The summed E-state index contributed by atoms with van der Waals surface area (Å²) in [5.74, 6) is 0.244. The SMILES string of the molecule is CNc1ncc2ncnc(Nc3cc(C(=O)Nc4ccc(N(C)CCN(C)C)c(C(F)(F)F)c4)ccc3C)c2n1. The van der Waals surface area contributed by atoms with E-state index in [9.17, 15) is 18.0 Å². The van der Waals surface area contributed by atoms with E-state index >= 15 is 0 Å². The number of hydrogen-bond donors (Lipinski definition) is 3.